The number of aromatic nitrogens is 2. The molecule has 0 saturated heterocycles. The quantitative estimate of drug-likeness (QED) is 0.637. The predicted octanol–water partition coefficient (Wildman–Crippen LogP) is 3.45. The van der Waals surface area contributed by atoms with Crippen molar-refractivity contribution in [3.63, 3.8) is 0 Å². The molecule has 1 heterocycles. The first-order valence-corrected chi connectivity index (χ1v) is 6.36. The molecule has 0 aromatic carbocycles. The minimum Gasteiger partial charge on any atom is -0.354 e. The lowest BCUT2D eigenvalue weighted by molar-refractivity contribution is 0.898. The minimum atomic E-state index is 0.520. The maximum Gasteiger partial charge on any atom is 0.223 e. The number of halogens is 1. The molecule has 1 aromatic rings. The van der Waals surface area contributed by atoms with Gasteiger partial charge in [-0.1, -0.05) is 25.4 Å². The molecule has 0 saturated carbocycles. The van der Waals surface area contributed by atoms with Gasteiger partial charge in [-0.15, -0.1) is 11.8 Å². The van der Waals surface area contributed by atoms with Crippen molar-refractivity contribution >= 4 is 29.3 Å². The van der Waals surface area contributed by atoms with E-state index < -0.39 is 0 Å². The zero-order chi connectivity index (χ0) is 11.3. The van der Waals surface area contributed by atoms with Crippen LogP contribution in [0.3, 0.4) is 0 Å². The van der Waals surface area contributed by atoms with E-state index >= 15 is 0 Å². The van der Waals surface area contributed by atoms with Crippen LogP contribution in [-0.2, 0) is 0 Å². The van der Waals surface area contributed by atoms with E-state index in [0.717, 1.165) is 18.0 Å². The molecular formula is C10H16ClN3S. The molecule has 0 radical (unpaired) electrons. The van der Waals surface area contributed by atoms with Crippen molar-refractivity contribution in [2.24, 2.45) is 0 Å². The van der Waals surface area contributed by atoms with Crippen LogP contribution in [0.5, 0.6) is 0 Å². The van der Waals surface area contributed by atoms with Crippen LogP contribution in [0.15, 0.2) is 11.2 Å². The highest BCUT2D eigenvalue weighted by Gasteiger charge is 2.09. The summed E-state index contributed by atoms with van der Waals surface area (Å²) in [7, 11) is 0. The number of hydrogen-bond donors (Lipinski definition) is 1. The van der Waals surface area contributed by atoms with Gasteiger partial charge in [-0.05, 0) is 13.3 Å². The van der Waals surface area contributed by atoms with Crippen LogP contribution in [0.4, 0.5) is 5.95 Å². The Morgan fingerprint density at radius 2 is 2.27 bits per heavy atom. The van der Waals surface area contributed by atoms with Gasteiger partial charge in [0.2, 0.25) is 5.95 Å². The van der Waals surface area contributed by atoms with E-state index in [1.807, 2.05) is 6.92 Å². The minimum absolute atomic E-state index is 0.520. The Bertz CT molecular complexity index is 320. The fourth-order valence-electron chi connectivity index (χ4n) is 0.951. The standard InChI is InChI=1S/C10H16ClN3S/c1-4-7(3)15-9-8(11)6-13-10(14-9)12-5-2/h6-7H,4-5H2,1-3H3,(H,12,13,14). The summed E-state index contributed by atoms with van der Waals surface area (Å²) in [4.78, 5) is 8.45. The Balaban J connectivity index is 2.80. The number of thioether (sulfide) groups is 1. The van der Waals surface area contributed by atoms with Crippen LogP contribution in [0.2, 0.25) is 5.02 Å². The van der Waals surface area contributed by atoms with Gasteiger partial charge in [-0.2, -0.15) is 0 Å². The molecule has 1 rings (SSSR count). The van der Waals surface area contributed by atoms with Gasteiger partial charge in [0.25, 0.3) is 0 Å². The van der Waals surface area contributed by atoms with Crippen molar-refractivity contribution in [3.8, 4) is 0 Å². The van der Waals surface area contributed by atoms with Gasteiger partial charge in [0.15, 0.2) is 0 Å². The Morgan fingerprint density at radius 3 is 2.87 bits per heavy atom. The SMILES string of the molecule is CCNc1ncc(Cl)c(SC(C)CC)n1. The summed E-state index contributed by atoms with van der Waals surface area (Å²) >= 11 is 7.71. The maximum absolute atomic E-state index is 6.02. The zero-order valence-corrected chi connectivity index (χ0v) is 10.8. The normalized spacial score (nSPS) is 12.5. The van der Waals surface area contributed by atoms with Crippen LogP contribution < -0.4 is 5.32 Å². The molecule has 15 heavy (non-hydrogen) atoms. The summed E-state index contributed by atoms with van der Waals surface area (Å²) in [6.07, 6.45) is 2.75. The van der Waals surface area contributed by atoms with E-state index in [2.05, 4.69) is 29.1 Å². The number of nitrogens with one attached hydrogen (secondary N) is 1. The average Bonchev–Trinajstić information content (AvgIpc) is 2.23. The van der Waals surface area contributed by atoms with E-state index in [4.69, 9.17) is 11.6 Å². The highest BCUT2D eigenvalue weighted by atomic mass is 35.5. The highest BCUT2D eigenvalue weighted by molar-refractivity contribution is 7.99. The molecule has 1 N–H and O–H groups in total. The van der Waals surface area contributed by atoms with Crippen LogP contribution in [0.25, 0.3) is 0 Å². The van der Waals surface area contributed by atoms with Gasteiger partial charge in [0, 0.05) is 11.8 Å². The maximum atomic E-state index is 6.02. The van der Waals surface area contributed by atoms with Gasteiger partial charge in [-0.3, -0.25) is 0 Å². The van der Waals surface area contributed by atoms with E-state index in [1.165, 1.54) is 0 Å². The van der Waals surface area contributed by atoms with Crippen molar-refractivity contribution in [1.29, 1.82) is 0 Å². The van der Waals surface area contributed by atoms with Crippen molar-refractivity contribution in [1.82, 2.24) is 9.97 Å². The highest BCUT2D eigenvalue weighted by Crippen LogP contribution is 2.29. The average molecular weight is 246 g/mol. The van der Waals surface area contributed by atoms with Crippen LogP contribution in [0.1, 0.15) is 27.2 Å². The Kier molecular flexibility index (Phi) is 5.19. The fraction of sp³-hybridized carbons (Fsp3) is 0.600. The summed E-state index contributed by atoms with van der Waals surface area (Å²) in [5.74, 6) is 0.646. The molecule has 1 aromatic heterocycles. The summed E-state index contributed by atoms with van der Waals surface area (Å²) in [6.45, 7) is 7.14. The van der Waals surface area contributed by atoms with Crippen LogP contribution in [-0.4, -0.2) is 21.8 Å². The first-order chi connectivity index (χ1) is 7.17. The third-order valence-corrected chi connectivity index (χ3v) is 3.59. The fourth-order valence-corrected chi connectivity index (χ4v) is 2.03. The molecule has 0 aliphatic rings. The molecule has 0 amide bonds. The van der Waals surface area contributed by atoms with E-state index in [0.29, 0.717) is 16.2 Å². The lowest BCUT2D eigenvalue weighted by Gasteiger charge is -2.09. The molecule has 1 unspecified atom stereocenters. The van der Waals surface area contributed by atoms with Gasteiger partial charge in [-0.25, -0.2) is 9.97 Å². The molecule has 0 bridgehead atoms. The topological polar surface area (TPSA) is 37.8 Å². The molecule has 84 valence electrons. The Hall–Kier alpha value is -0.480. The smallest absolute Gasteiger partial charge is 0.223 e. The summed E-state index contributed by atoms with van der Waals surface area (Å²) in [6, 6.07) is 0. The zero-order valence-electron chi connectivity index (χ0n) is 9.25. The molecule has 0 fully saturated rings. The first-order valence-electron chi connectivity index (χ1n) is 5.10. The van der Waals surface area contributed by atoms with Gasteiger partial charge >= 0.3 is 0 Å². The third kappa shape index (κ3) is 3.87. The predicted molar refractivity (Wildman–Crippen MR) is 66.8 cm³/mol. The monoisotopic (exact) mass is 245 g/mol. The number of anilines is 1. The van der Waals surface area contributed by atoms with Crippen molar-refractivity contribution in [3.05, 3.63) is 11.2 Å². The summed E-state index contributed by atoms with van der Waals surface area (Å²) in [5.41, 5.74) is 0. The van der Waals surface area contributed by atoms with E-state index in [1.54, 1.807) is 18.0 Å². The third-order valence-electron chi connectivity index (χ3n) is 1.93. The molecular weight excluding hydrogens is 230 g/mol. The molecule has 0 spiro atoms. The number of rotatable bonds is 5. The second-order valence-corrected chi connectivity index (χ2v) is 5.05. The van der Waals surface area contributed by atoms with E-state index in [9.17, 15) is 0 Å². The Labute approximate surface area is 100 Å². The molecule has 0 aliphatic heterocycles. The van der Waals surface area contributed by atoms with Crippen LogP contribution in [0, 0.1) is 0 Å². The summed E-state index contributed by atoms with van der Waals surface area (Å²) < 4.78 is 0. The first kappa shape index (κ1) is 12.6. The van der Waals surface area contributed by atoms with Crippen molar-refractivity contribution in [2.75, 3.05) is 11.9 Å². The number of nitrogens with zero attached hydrogens (tertiary/aromatic N) is 2. The second-order valence-electron chi connectivity index (χ2n) is 3.21. The largest absolute Gasteiger partial charge is 0.354 e. The Morgan fingerprint density at radius 1 is 1.53 bits per heavy atom. The lowest BCUT2D eigenvalue weighted by Crippen LogP contribution is -2.03. The van der Waals surface area contributed by atoms with Gasteiger partial charge in [0.1, 0.15) is 5.03 Å². The summed E-state index contributed by atoms with van der Waals surface area (Å²) in [5, 5.41) is 5.08. The van der Waals surface area contributed by atoms with Gasteiger partial charge in [0.05, 0.1) is 11.2 Å². The molecule has 3 nitrogen and oxygen atoms in total. The molecule has 5 heteroatoms. The molecule has 0 aliphatic carbocycles. The lowest BCUT2D eigenvalue weighted by atomic mass is 10.4. The van der Waals surface area contributed by atoms with Crippen molar-refractivity contribution in [2.45, 2.75) is 37.5 Å². The second kappa shape index (κ2) is 6.18. The van der Waals surface area contributed by atoms with Crippen molar-refractivity contribution < 1.29 is 0 Å². The van der Waals surface area contributed by atoms with Crippen LogP contribution >= 0.6 is 23.4 Å². The molecule has 1 atom stereocenters. The van der Waals surface area contributed by atoms with Gasteiger partial charge < -0.3 is 5.32 Å². The van der Waals surface area contributed by atoms with E-state index in [-0.39, 0.29) is 0 Å². The number of hydrogen-bond acceptors (Lipinski definition) is 4.